The Morgan fingerprint density at radius 2 is 1.35 bits per heavy atom. The Morgan fingerprint density at radius 3 is 2.04 bits per heavy atom. The monoisotopic (exact) mass is 314 g/mol. The normalized spacial score (nSPS) is 11.2. The van der Waals surface area contributed by atoms with E-state index < -0.39 is 0 Å². The number of benzene rings is 2. The summed E-state index contributed by atoms with van der Waals surface area (Å²) in [6.45, 7) is 2.25. The lowest BCUT2D eigenvalue weighted by Gasteiger charge is -2.10. The number of phenols is 2. The number of aromatic hydroxyl groups is 2. The summed E-state index contributed by atoms with van der Waals surface area (Å²) in [5.41, 5.74) is 0.865. The lowest BCUT2D eigenvalue weighted by molar-refractivity contribution is 0.403. The Labute approximate surface area is 140 Å². The largest absolute Gasteiger partial charge is 0.504 e. The predicted molar refractivity (Wildman–Crippen MR) is 98.2 cm³/mol. The van der Waals surface area contributed by atoms with Crippen molar-refractivity contribution in [2.45, 2.75) is 71.1 Å². The van der Waals surface area contributed by atoms with Gasteiger partial charge in [-0.3, -0.25) is 0 Å². The molecule has 2 aromatic rings. The Bertz CT molecular complexity index is 604. The van der Waals surface area contributed by atoms with Gasteiger partial charge < -0.3 is 10.2 Å². The summed E-state index contributed by atoms with van der Waals surface area (Å²) < 4.78 is 0. The van der Waals surface area contributed by atoms with Crippen LogP contribution in [-0.4, -0.2) is 10.2 Å². The highest BCUT2D eigenvalue weighted by Gasteiger charge is 2.11. The molecule has 2 rings (SSSR count). The molecule has 0 aromatic heterocycles. The van der Waals surface area contributed by atoms with Crippen molar-refractivity contribution in [2.75, 3.05) is 0 Å². The Morgan fingerprint density at radius 1 is 0.739 bits per heavy atom. The van der Waals surface area contributed by atoms with Gasteiger partial charge in [-0.1, -0.05) is 82.6 Å². The number of unbranched alkanes of at least 4 members (excludes halogenated alkanes) is 8. The minimum absolute atomic E-state index is 0.0222. The van der Waals surface area contributed by atoms with E-state index in [2.05, 4.69) is 6.92 Å². The Balaban J connectivity index is 1.76. The maximum atomic E-state index is 10.2. The predicted octanol–water partition coefficient (Wildman–Crippen LogP) is 6.32. The average Bonchev–Trinajstić information content (AvgIpc) is 2.57. The van der Waals surface area contributed by atoms with Crippen LogP contribution >= 0.6 is 0 Å². The highest BCUT2D eigenvalue weighted by molar-refractivity contribution is 5.91. The second-order valence-corrected chi connectivity index (χ2v) is 6.53. The first-order valence-electron chi connectivity index (χ1n) is 9.16. The van der Waals surface area contributed by atoms with Crippen LogP contribution in [0.3, 0.4) is 0 Å². The average molecular weight is 314 g/mol. The first kappa shape index (κ1) is 17.7. The number of phenolic OH excluding ortho intramolecular Hbond substituents is 2. The highest BCUT2D eigenvalue weighted by Crippen LogP contribution is 2.37. The van der Waals surface area contributed by atoms with Crippen LogP contribution in [0.1, 0.15) is 70.3 Å². The molecule has 0 spiro atoms. The highest BCUT2D eigenvalue weighted by atomic mass is 16.3. The van der Waals surface area contributed by atoms with Crippen molar-refractivity contribution < 1.29 is 10.2 Å². The molecule has 0 atom stereocenters. The quantitative estimate of drug-likeness (QED) is 0.397. The fourth-order valence-corrected chi connectivity index (χ4v) is 3.19. The van der Waals surface area contributed by atoms with E-state index >= 15 is 0 Å². The molecule has 2 aromatic carbocycles. The molecular weight excluding hydrogens is 284 g/mol. The molecular formula is C21H30O2. The van der Waals surface area contributed by atoms with Gasteiger partial charge in [-0.15, -0.1) is 0 Å². The summed E-state index contributed by atoms with van der Waals surface area (Å²) in [6, 6.07) is 9.67. The van der Waals surface area contributed by atoms with Gasteiger partial charge in [0, 0.05) is 5.39 Å². The molecule has 2 N–H and O–H groups in total. The minimum Gasteiger partial charge on any atom is -0.504 e. The molecule has 2 nitrogen and oxygen atoms in total. The summed E-state index contributed by atoms with van der Waals surface area (Å²) >= 11 is 0. The molecule has 0 amide bonds. The standard InChI is InChI=1S/C21H30O2/c1-2-3-4-5-6-7-8-9-10-14-18-16-17-13-11-12-15-19(17)21(23)20(18)22/h11-13,15-16,22-23H,2-10,14H2,1H3. The molecule has 2 heteroatoms. The third-order valence-electron chi connectivity index (χ3n) is 4.62. The molecule has 0 fully saturated rings. The van der Waals surface area contributed by atoms with Crippen molar-refractivity contribution in [1.29, 1.82) is 0 Å². The van der Waals surface area contributed by atoms with Crippen LogP contribution in [0.5, 0.6) is 11.5 Å². The number of aryl methyl sites for hydroxylation is 1. The molecule has 23 heavy (non-hydrogen) atoms. The molecule has 126 valence electrons. The van der Waals surface area contributed by atoms with E-state index in [1.165, 1.54) is 51.4 Å². The van der Waals surface area contributed by atoms with E-state index in [1.807, 2.05) is 30.3 Å². The smallest absolute Gasteiger partial charge is 0.165 e. The van der Waals surface area contributed by atoms with Gasteiger partial charge in [-0.25, -0.2) is 0 Å². The van der Waals surface area contributed by atoms with Crippen molar-refractivity contribution in [1.82, 2.24) is 0 Å². The summed E-state index contributed by atoms with van der Waals surface area (Å²) in [6.07, 6.45) is 12.5. The molecule has 0 aliphatic rings. The fraction of sp³-hybridized carbons (Fsp3) is 0.524. The first-order chi connectivity index (χ1) is 11.2. The third kappa shape index (κ3) is 5.16. The summed E-state index contributed by atoms with van der Waals surface area (Å²) in [5, 5.41) is 22.0. The minimum atomic E-state index is 0.0222. The Kier molecular flexibility index (Phi) is 7.25. The van der Waals surface area contributed by atoms with Gasteiger partial charge in [0.05, 0.1) is 0 Å². The number of fused-ring (bicyclic) bond motifs is 1. The molecule has 0 unspecified atom stereocenters. The van der Waals surface area contributed by atoms with Crippen molar-refractivity contribution in [3.05, 3.63) is 35.9 Å². The molecule has 0 aliphatic heterocycles. The maximum absolute atomic E-state index is 10.2. The van der Waals surface area contributed by atoms with Crippen LogP contribution in [0.2, 0.25) is 0 Å². The lowest BCUT2D eigenvalue weighted by atomic mass is 9.99. The number of rotatable bonds is 10. The van der Waals surface area contributed by atoms with Gasteiger partial charge in [0.2, 0.25) is 0 Å². The van der Waals surface area contributed by atoms with Gasteiger partial charge in [0.25, 0.3) is 0 Å². The number of hydrogen-bond acceptors (Lipinski definition) is 2. The maximum Gasteiger partial charge on any atom is 0.165 e. The molecule has 0 bridgehead atoms. The van der Waals surface area contributed by atoms with E-state index in [0.717, 1.165) is 29.2 Å². The SMILES string of the molecule is CCCCCCCCCCCc1cc2ccccc2c(O)c1O. The second-order valence-electron chi connectivity index (χ2n) is 6.53. The molecule has 0 radical (unpaired) electrons. The zero-order valence-corrected chi connectivity index (χ0v) is 14.4. The summed E-state index contributed by atoms with van der Waals surface area (Å²) in [5.74, 6) is 0.0808. The van der Waals surface area contributed by atoms with Gasteiger partial charge in [-0.2, -0.15) is 0 Å². The van der Waals surface area contributed by atoms with E-state index in [-0.39, 0.29) is 11.5 Å². The molecule has 0 saturated carbocycles. The van der Waals surface area contributed by atoms with Gasteiger partial charge in [0.15, 0.2) is 11.5 Å². The van der Waals surface area contributed by atoms with Gasteiger partial charge in [0.1, 0.15) is 0 Å². The van der Waals surface area contributed by atoms with E-state index in [0.29, 0.717) is 0 Å². The van der Waals surface area contributed by atoms with Crippen LogP contribution in [0.4, 0.5) is 0 Å². The number of hydrogen-bond donors (Lipinski definition) is 2. The molecule has 0 heterocycles. The topological polar surface area (TPSA) is 40.5 Å². The van der Waals surface area contributed by atoms with Crippen molar-refractivity contribution >= 4 is 10.8 Å². The van der Waals surface area contributed by atoms with Crippen LogP contribution in [-0.2, 0) is 6.42 Å². The van der Waals surface area contributed by atoms with Gasteiger partial charge >= 0.3 is 0 Å². The van der Waals surface area contributed by atoms with Crippen molar-refractivity contribution in [3.8, 4) is 11.5 Å². The molecule has 0 aliphatic carbocycles. The summed E-state index contributed by atoms with van der Waals surface area (Å²) in [7, 11) is 0. The first-order valence-corrected chi connectivity index (χ1v) is 9.16. The zero-order valence-electron chi connectivity index (χ0n) is 14.4. The second kappa shape index (κ2) is 9.44. The lowest BCUT2D eigenvalue weighted by Crippen LogP contribution is -1.89. The Hall–Kier alpha value is -1.70. The van der Waals surface area contributed by atoms with Crippen LogP contribution in [0, 0.1) is 0 Å². The van der Waals surface area contributed by atoms with E-state index in [1.54, 1.807) is 0 Å². The zero-order chi connectivity index (χ0) is 16.5. The van der Waals surface area contributed by atoms with Crippen molar-refractivity contribution in [2.24, 2.45) is 0 Å². The van der Waals surface area contributed by atoms with Crippen LogP contribution < -0.4 is 0 Å². The van der Waals surface area contributed by atoms with E-state index in [4.69, 9.17) is 0 Å². The molecule has 0 saturated heterocycles. The summed E-state index contributed by atoms with van der Waals surface area (Å²) in [4.78, 5) is 0. The van der Waals surface area contributed by atoms with Gasteiger partial charge in [-0.05, 0) is 29.9 Å². The van der Waals surface area contributed by atoms with Crippen LogP contribution in [0.25, 0.3) is 10.8 Å². The van der Waals surface area contributed by atoms with Crippen LogP contribution in [0.15, 0.2) is 30.3 Å². The van der Waals surface area contributed by atoms with Crippen molar-refractivity contribution in [3.63, 3.8) is 0 Å². The fourth-order valence-electron chi connectivity index (χ4n) is 3.19. The third-order valence-corrected chi connectivity index (χ3v) is 4.62. The van der Waals surface area contributed by atoms with E-state index in [9.17, 15) is 10.2 Å².